The third-order valence-corrected chi connectivity index (χ3v) is 5.05. The van der Waals surface area contributed by atoms with E-state index >= 15 is 0 Å². The van der Waals surface area contributed by atoms with Gasteiger partial charge in [0.25, 0.3) is 0 Å². The Morgan fingerprint density at radius 1 is 1.43 bits per heavy atom. The van der Waals surface area contributed by atoms with Gasteiger partial charge in [0.1, 0.15) is 6.04 Å². The first-order chi connectivity index (χ1) is 10.0. The number of carboxylic acids is 1. The Morgan fingerprint density at radius 2 is 2.19 bits per heavy atom. The summed E-state index contributed by atoms with van der Waals surface area (Å²) in [6.45, 7) is 4.75. The standard InChI is InChI=1S/C14H25N3O3S/c1-10-8-16-6-3-4-11(16)9-17(10)14(20)15-12(13(18)19)5-7-21-2/h10-12H,3-9H2,1-2H3,(H,15,20)(H,18,19). The van der Waals surface area contributed by atoms with Crippen molar-refractivity contribution in [2.24, 2.45) is 0 Å². The van der Waals surface area contributed by atoms with E-state index in [-0.39, 0.29) is 12.1 Å². The molecule has 6 nitrogen and oxygen atoms in total. The topological polar surface area (TPSA) is 72.9 Å². The summed E-state index contributed by atoms with van der Waals surface area (Å²) < 4.78 is 0. The lowest BCUT2D eigenvalue weighted by atomic mass is 10.1. The summed E-state index contributed by atoms with van der Waals surface area (Å²) in [5.41, 5.74) is 0. The van der Waals surface area contributed by atoms with Crippen LogP contribution >= 0.6 is 11.8 Å². The maximum absolute atomic E-state index is 12.4. The van der Waals surface area contributed by atoms with Gasteiger partial charge in [-0.25, -0.2) is 9.59 Å². The van der Waals surface area contributed by atoms with E-state index in [1.165, 1.54) is 6.42 Å². The first-order valence-electron chi connectivity index (χ1n) is 7.56. The van der Waals surface area contributed by atoms with Crippen molar-refractivity contribution in [3.05, 3.63) is 0 Å². The minimum absolute atomic E-state index is 0.134. The number of nitrogens with one attached hydrogen (secondary N) is 1. The molecule has 2 heterocycles. The van der Waals surface area contributed by atoms with E-state index in [1.807, 2.05) is 18.1 Å². The first-order valence-corrected chi connectivity index (χ1v) is 8.95. The van der Waals surface area contributed by atoms with Crippen LogP contribution in [0.4, 0.5) is 4.79 Å². The molecular formula is C14H25N3O3S. The fourth-order valence-corrected chi connectivity index (χ4v) is 3.67. The third kappa shape index (κ3) is 4.03. The van der Waals surface area contributed by atoms with Gasteiger partial charge in [-0.1, -0.05) is 0 Å². The number of fused-ring (bicyclic) bond motifs is 1. The number of amides is 2. The Balaban J connectivity index is 1.93. The van der Waals surface area contributed by atoms with Gasteiger partial charge in [-0.2, -0.15) is 11.8 Å². The van der Waals surface area contributed by atoms with Gasteiger partial charge in [0.15, 0.2) is 0 Å². The van der Waals surface area contributed by atoms with Gasteiger partial charge < -0.3 is 15.3 Å². The quantitative estimate of drug-likeness (QED) is 0.794. The molecule has 2 saturated heterocycles. The maximum Gasteiger partial charge on any atom is 0.326 e. The minimum Gasteiger partial charge on any atom is -0.480 e. The number of urea groups is 1. The predicted octanol–water partition coefficient (Wildman–Crippen LogP) is 1.07. The SMILES string of the molecule is CSCCC(NC(=O)N1CC2CCCN2CC1C)C(=O)O. The molecule has 2 aliphatic heterocycles. The van der Waals surface area contributed by atoms with E-state index in [9.17, 15) is 14.7 Å². The zero-order valence-corrected chi connectivity index (χ0v) is 13.6. The van der Waals surface area contributed by atoms with Crippen molar-refractivity contribution in [2.45, 2.75) is 44.3 Å². The molecule has 0 aliphatic carbocycles. The molecule has 3 atom stereocenters. The third-order valence-electron chi connectivity index (χ3n) is 4.40. The molecule has 0 bridgehead atoms. The molecule has 0 aromatic carbocycles. The molecule has 2 N–H and O–H groups in total. The number of carbonyl (C=O) groups is 2. The average molecular weight is 315 g/mol. The summed E-state index contributed by atoms with van der Waals surface area (Å²) in [5, 5.41) is 11.9. The van der Waals surface area contributed by atoms with Crippen LogP contribution in [-0.4, -0.2) is 76.7 Å². The van der Waals surface area contributed by atoms with Crippen molar-refractivity contribution in [1.29, 1.82) is 0 Å². The molecule has 7 heteroatoms. The van der Waals surface area contributed by atoms with E-state index in [1.54, 1.807) is 11.8 Å². The lowest BCUT2D eigenvalue weighted by molar-refractivity contribution is -0.139. The van der Waals surface area contributed by atoms with Crippen molar-refractivity contribution in [1.82, 2.24) is 15.1 Å². The second-order valence-electron chi connectivity index (χ2n) is 5.91. The largest absolute Gasteiger partial charge is 0.480 e. The van der Waals surface area contributed by atoms with Crippen LogP contribution in [0.5, 0.6) is 0 Å². The Kier molecular flexibility index (Phi) is 5.75. The van der Waals surface area contributed by atoms with Crippen LogP contribution in [-0.2, 0) is 4.79 Å². The number of aliphatic carboxylic acids is 1. The van der Waals surface area contributed by atoms with E-state index in [2.05, 4.69) is 10.2 Å². The summed E-state index contributed by atoms with van der Waals surface area (Å²) in [4.78, 5) is 27.9. The summed E-state index contributed by atoms with van der Waals surface area (Å²) in [7, 11) is 0. The molecule has 0 saturated carbocycles. The van der Waals surface area contributed by atoms with Crippen LogP contribution in [0.1, 0.15) is 26.2 Å². The molecule has 0 radical (unpaired) electrons. The highest BCUT2D eigenvalue weighted by atomic mass is 32.2. The van der Waals surface area contributed by atoms with Gasteiger partial charge in [-0.3, -0.25) is 4.90 Å². The van der Waals surface area contributed by atoms with Crippen molar-refractivity contribution in [3.63, 3.8) is 0 Å². The molecule has 2 aliphatic rings. The van der Waals surface area contributed by atoms with Gasteiger partial charge in [-0.05, 0) is 44.7 Å². The minimum atomic E-state index is -0.954. The molecular weight excluding hydrogens is 290 g/mol. The summed E-state index contributed by atoms with van der Waals surface area (Å²) >= 11 is 1.59. The van der Waals surface area contributed by atoms with Crippen LogP contribution in [0, 0.1) is 0 Å². The highest BCUT2D eigenvalue weighted by Gasteiger charge is 2.37. The Hall–Kier alpha value is -0.950. The molecule has 21 heavy (non-hydrogen) atoms. The van der Waals surface area contributed by atoms with E-state index < -0.39 is 12.0 Å². The normalized spacial score (nSPS) is 27.2. The van der Waals surface area contributed by atoms with Gasteiger partial charge in [0.05, 0.1) is 0 Å². The zero-order valence-electron chi connectivity index (χ0n) is 12.7. The lowest BCUT2D eigenvalue weighted by Crippen LogP contribution is -2.60. The van der Waals surface area contributed by atoms with Crippen LogP contribution in [0.25, 0.3) is 0 Å². The number of carbonyl (C=O) groups excluding carboxylic acids is 1. The van der Waals surface area contributed by atoms with Gasteiger partial charge in [0, 0.05) is 25.2 Å². The van der Waals surface area contributed by atoms with Gasteiger partial charge >= 0.3 is 12.0 Å². The number of thioether (sulfide) groups is 1. The lowest BCUT2D eigenvalue weighted by Gasteiger charge is -2.42. The fourth-order valence-electron chi connectivity index (χ4n) is 3.20. The van der Waals surface area contributed by atoms with Crippen molar-refractivity contribution in [2.75, 3.05) is 31.6 Å². The van der Waals surface area contributed by atoms with Gasteiger partial charge in [-0.15, -0.1) is 0 Å². The van der Waals surface area contributed by atoms with Crippen molar-refractivity contribution < 1.29 is 14.7 Å². The fraction of sp³-hybridized carbons (Fsp3) is 0.857. The van der Waals surface area contributed by atoms with Gasteiger partial charge in [0.2, 0.25) is 0 Å². The van der Waals surface area contributed by atoms with Crippen LogP contribution in [0.15, 0.2) is 0 Å². The molecule has 2 amide bonds. The highest BCUT2D eigenvalue weighted by Crippen LogP contribution is 2.24. The highest BCUT2D eigenvalue weighted by molar-refractivity contribution is 7.98. The number of rotatable bonds is 5. The van der Waals surface area contributed by atoms with E-state index in [0.29, 0.717) is 19.0 Å². The second kappa shape index (κ2) is 7.35. The zero-order chi connectivity index (χ0) is 15.4. The van der Waals surface area contributed by atoms with Crippen LogP contribution < -0.4 is 5.32 Å². The Morgan fingerprint density at radius 3 is 2.86 bits per heavy atom. The summed E-state index contributed by atoms with van der Waals surface area (Å²) in [6.07, 6.45) is 4.71. The van der Waals surface area contributed by atoms with E-state index in [0.717, 1.165) is 25.3 Å². The smallest absolute Gasteiger partial charge is 0.326 e. The number of piperazine rings is 1. The summed E-state index contributed by atoms with van der Waals surface area (Å²) in [6, 6.07) is -0.447. The molecule has 0 spiro atoms. The molecule has 0 aromatic heterocycles. The van der Waals surface area contributed by atoms with E-state index in [4.69, 9.17) is 0 Å². The predicted molar refractivity (Wildman–Crippen MR) is 83.7 cm³/mol. The van der Waals surface area contributed by atoms with Crippen LogP contribution in [0.3, 0.4) is 0 Å². The number of hydrogen-bond donors (Lipinski definition) is 2. The molecule has 120 valence electrons. The first kappa shape index (κ1) is 16.4. The number of nitrogens with zero attached hydrogens (tertiary/aromatic N) is 2. The number of carboxylic acid groups (broad SMARTS) is 1. The maximum atomic E-state index is 12.4. The van der Waals surface area contributed by atoms with Crippen molar-refractivity contribution in [3.8, 4) is 0 Å². The molecule has 0 aromatic rings. The number of hydrogen-bond acceptors (Lipinski definition) is 4. The summed E-state index contributed by atoms with van der Waals surface area (Å²) in [5.74, 6) is -0.229. The Labute approximate surface area is 130 Å². The van der Waals surface area contributed by atoms with Crippen molar-refractivity contribution >= 4 is 23.8 Å². The molecule has 2 fully saturated rings. The average Bonchev–Trinajstić information content (AvgIpc) is 2.88. The molecule has 3 unspecified atom stereocenters. The second-order valence-corrected chi connectivity index (χ2v) is 6.90. The Bertz CT molecular complexity index is 394. The monoisotopic (exact) mass is 315 g/mol. The van der Waals surface area contributed by atoms with Crippen LogP contribution in [0.2, 0.25) is 0 Å². The molecule has 2 rings (SSSR count).